The number of carbonyl (C=O) groups excluding carboxylic acids is 2. The van der Waals surface area contributed by atoms with E-state index in [9.17, 15) is 14.4 Å². The maximum Gasteiger partial charge on any atom is 0.341 e. The second kappa shape index (κ2) is 11.5. The molecule has 0 aromatic heterocycles. The van der Waals surface area contributed by atoms with E-state index in [1.165, 1.54) is 0 Å². The topological polar surface area (TPSA) is 105 Å². The summed E-state index contributed by atoms with van der Waals surface area (Å²) in [7, 11) is 0. The van der Waals surface area contributed by atoms with E-state index >= 15 is 0 Å². The molecule has 2 rings (SSSR count). The van der Waals surface area contributed by atoms with Crippen molar-refractivity contribution in [3.05, 3.63) is 54.1 Å². The number of carbonyl (C=O) groups is 3. The molecule has 2 amide bonds. The van der Waals surface area contributed by atoms with Crippen molar-refractivity contribution in [1.29, 1.82) is 0 Å². The molecule has 29 heavy (non-hydrogen) atoms. The van der Waals surface area contributed by atoms with E-state index in [0.29, 0.717) is 30.8 Å². The Bertz CT molecular complexity index is 833. The predicted octanol–water partition coefficient (Wildman–Crippen LogP) is 2.85. The molecule has 0 saturated carbocycles. The minimum Gasteiger partial charge on any atom is -0.482 e. The third kappa shape index (κ3) is 7.65. The molecule has 2 aromatic carbocycles. The highest BCUT2D eigenvalue weighted by molar-refractivity contribution is 5.95. The lowest BCUT2D eigenvalue weighted by molar-refractivity contribution is -0.139. The molecule has 154 valence electrons. The summed E-state index contributed by atoms with van der Waals surface area (Å²) in [5, 5.41) is 14.2. The summed E-state index contributed by atoms with van der Waals surface area (Å²) < 4.78 is 5.12. The van der Waals surface area contributed by atoms with Gasteiger partial charge in [0.1, 0.15) is 5.75 Å². The van der Waals surface area contributed by atoms with Gasteiger partial charge in [0.05, 0.1) is 0 Å². The fourth-order valence-corrected chi connectivity index (χ4v) is 2.63. The highest BCUT2D eigenvalue weighted by Crippen LogP contribution is 2.23. The van der Waals surface area contributed by atoms with Gasteiger partial charge in [-0.1, -0.05) is 37.6 Å². The average molecular weight is 398 g/mol. The van der Waals surface area contributed by atoms with E-state index in [4.69, 9.17) is 9.84 Å². The standard InChI is InChI=1S/C22H26N2O5/c1-2-3-7-20(25)23-12-13-24-22(28)18-6-4-5-17(14-18)16-8-10-19(11-9-16)29-15-21(26)27/h4-6,8-11,14H,2-3,7,12-13,15H2,1H3,(H,23,25)(H,24,28)(H,26,27). The first-order chi connectivity index (χ1) is 14.0. The van der Waals surface area contributed by atoms with Crippen LogP contribution in [0.15, 0.2) is 48.5 Å². The van der Waals surface area contributed by atoms with Gasteiger partial charge >= 0.3 is 5.97 Å². The van der Waals surface area contributed by atoms with Crippen LogP contribution in [0.3, 0.4) is 0 Å². The summed E-state index contributed by atoms with van der Waals surface area (Å²) in [6.45, 7) is 2.39. The lowest BCUT2D eigenvalue weighted by Gasteiger charge is -2.09. The number of hydrogen-bond donors (Lipinski definition) is 3. The summed E-state index contributed by atoms with van der Waals surface area (Å²) in [5.41, 5.74) is 2.26. The molecule has 0 aliphatic carbocycles. The molecular weight excluding hydrogens is 372 g/mol. The fraction of sp³-hybridized carbons (Fsp3) is 0.318. The number of hydrogen-bond acceptors (Lipinski definition) is 4. The molecule has 7 heteroatoms. The van der Waals surface area contributed by atoms with E-state index in [1.54, 1.807) is 42.5 Å². The minimum atomic E-state index is -1.03. The normalized spacial score (nSPS) is 10.2. The first-order valence-electron chi connectivity index (χ1n) is 9.59. The Labute approximate surface area is 170 Å². The zero-order valence-corrected chi connectivity index (χ0v) is 16.4. The second-order valence-corrected chi connectivity index (χ2v) is 6.50. The van der Waals surface area contributed by atoms with Crippen LogP contribution in [0, 0.1) is 0 Å². The van der Waals surface area contributed by atoms with Gasteiger partial charge < -0.3 is 20.5 Å². The molecule has 0 spiro atoms. The van der Waals surface area contributed by atoms with Gasteiger partial charge in [0.15, 0.2) is 6.61 Å². The lowest BCUT2D eigenvalue weighted by atomic mass is 10.0. The molecule has 7 nitrogen and oxygen atoms in total. The van der Waals surface area contributed by atoms with Gasteiger partial charge in [-0.05, 0) is 41.8 Å². The van der Waals surface area contributed by atoms with Crippen LogP contribution in [0.25, 0.3) is 11.1 Å². The van der Waals surface area contributed by atoms with Gasteiger partial charge in [-0.15, -0.1) is 0 Å². The Hall–Kier alpha value is -3.35. The van der Waals surface area contributed by atoms with Gasteiger partial charge in [-0.3, -0.25) is 9.59 Å². The number of carboxylic acids is 1. The summed E-state index contributed by atoms with van der Waals surface area (Å²) >= 11 is 0. The molecule has 2 aromatic rings. The highest BCUT2D eigenvalue weighted by Gasteiger charge is 2.08. The van der Waals surface area contributed by atoms with E-state index in [1.807, 2.05) is 13.0 Å². The van der Waals surface area contributed by atoms with Crippen molar-refractivity contribution >= 4 is 17.8 Å². The molecule has 0 aliphatic heterocycles. The van der Waals surface area contributed by atoms with Crippen LogP contribution in [-0.2, 0) is 9.59 Å². The lowest BCUT2D eigenvalue weighted by Crippen LogP contribution is -2.34. The Balaban J connectivity index is 1.89. The average Bonchev–Trinajstić information content (AvgIpc) is 2.74. The molecule has 0 atom stereocenters. The van der Waals surface area contributed by atoms with Gasteiger partial charge in [0.2, 0.25) is 5.91 Å². The van der Waals surface area contributed by atoms with Crippen LogP contribution in [0.5, 0.6) is 5.75 Å². The zero-order valence-electron chi connectivity index (χ0n) is 16.4. The number of aliphatic carboxylic acids is 1. The number of nitrogens with one attached hydrogen (secondary N) is 2. The number of benzene rings is 2. The van der Waals surface area contributed by atoms with Gasteiger partial charge in [-0.25, -0.2) is 4.79 Å². The molecule has 0 aliphatic rings. The largest absolute Gasteiger partial charge is 0.482 e. The minimum absolute atomic E-state index is 0.00104. The number of carboxylic acid groups (broad SMARTS) is 1. The van der Waals surface area contributed by atoms with Crippen LogP contribution in [0.4, 0.5) is 0 Å². The van der Waals surface area contributed by atoms with Crippen molar-refractivity contribution in [2.45, 2.75) is 26.2 Å². The van der Waals surface area contributed by atoms with Crippen molar-refractivity contribution in [2.75, 3.05) is 19.7 Å². The maximum absolute atomic E-state index is 12.3. The third-order valence-electron chi connectivity index (χ3n) is 4.16. The number of rotatable bonds is 11. The van der Waals surface area contributed by atoms with Crippen LogP contribution in [0.1, 0.15) is 36.5 Å². The van der Waals surface area contributed by atoms with E-state index in [-0.39, 0.29) is 11.8 Å². The van der Waals surface area contributed by atoms with Crippen molar-refractivity contribution in [3.63, 3.8) is 0 Å². The summed E-state index contributed by atoms with van der Waals surface area (Å²) in [6, 6.07) is 14.2. The predicted molar refractivity (Wildman–Crippen MR) is 110 cm³/mol. The van der Waals surface area contributed by atoms with Crippen molar-refractivity contribution in [2.24, 2.45) is 0 Å². The quantitative estimate of drug-likeness (QED) is 0.505. The van der Waals surface area contributed by atoms with Crippen LogP contribution >= 0.6 is 0 Å². The second-order valence-electron chi connectivity index (χ2n) is 6.50. The van der Waals surface area contributed by atoms with E-state index < -0.39 is 12.6 Å². The molecule has 0 heterocycles. The number of amides is 2. The van der Waals surface area contributed by atoms with Crippen molar-refractivity contribution in [1.82, 2.24) is 10.6 Å². The first-order valence-corrected chi connectivity index (χ1v) is 9.59. The Kier molecular flexibility index (Phi) is 8.69. The summed E-state index contributed by atoms with van der Waals surface area (Å²) in [6.07, 6.45) is 2.34. The molecular formula is C22H26N2O5. The highest BCUT2D eigenvalue weighted by atomic mass is 16.5. The molecule has 0 bridgehead atoms. The molecule has 0 saturated heterocycles. The first kappa shape index (κ1) is 21.9. The van der Waals surface area contributed by atoms with Gasteiger partial charge in [-0.2, -0.15) is 0 Å². The van der Waals surface area contributed by atoms with Crippen LogP contribution in [-0.4, -0.2) is 42.6 Å². The van der Waals surface area contributed by atoms with Crippen molar-refractivity contribution < 1.29 is 24.2 Å². The van der Waals surface area contributed by atoms with Crippen molar-refractivity contribution in [3.8, 4) is 16.9 Å². The Morgan fingerprint density at radius 1 is 0.966 bits per heavy atom. The smallest absolute Gasteiger partial charge is 0.341 e. The fourth-order valence-electron chi connectivity index (χ4n) is 2.63. The zero-order chi connectivity index (χ0) is 21.1. The SMILES string of the molecule is CCCCC(=O)NCCNC(=O)c1cccc(-c2ccc(OCC(=O)O)cc2)c1. The monoisotopic (exact) mass is 398 g/mol. The van der Waals surface area contributed by atoms with Crippen LogP contribution in [0.2, 0.25) is 0 Å². The summed E-state index contributed by atoms with van der Waals surface area (Å²) in [5.74, 6) is -0.783. The molecule has 0 unspecified atom stereocenters. The molecule has 0 fully saturated rings. The Morgan fingerprint density at radius 2 is 1.69 bits per heavy atom. The number of ether oxygens (including phenoxy) is 1. The van der Waals surface area contributed by atoms with Crippen LogP contribution < -0.4 is 15.4 Å². The molecule has 3 N–H and O–H groups in total. The third-order valence-corrected chi connectivity index (χ3v) is 4.16. The van der Waals surface area contributed by atoms with E-state index in [0.717, 1.165) is 24.0 Å². The van der Waals surface area contributed by atoms with Gasteiger partial charge in [0, 0.05) is 25.1 Å². The van der Waals surface area contributed by atoms with Gasteiger partial charge in [0.25, 0.3) is 5.91 Å². The van der Waals surface area contributed by atoms with E-state index in [2.05, 4.69) is 10.6 Å². The summed E-state index contributed by atoms with van der Waals surface area (Å²) in [4.78, 5) is 34.5. The number of unbranched alkanes of at least 4 members (excludes halogenated alkanes) is 1. The molecule has 0 radical (unpaired) electrons. The maximum atomic E-state index is 12.3. The Morgan fingerprint density at radius 3 is 2.38 bits per heavy atom.